The Labute approximate surface area is 131 Å². The van der Waals surface area contributed by atoms with Gasteiger partial charge in [0.15, 0.2) is 0 Å². The van der Waals surface area contributed by atoms with Gasteiger partial charge in [0.25, 0.3) is 0 Å². The standard InChI is InChI=1S/C17H22N2OS/c1-13(20)19-16-9-7-15(8-10-16)17(21)18-12-11-14-5-3-2-4-6-14/h5,7-10H,2-4,6,11-12H2,1H3,(H,18,21)(H,19,20). The molecule has 0 aromatic heterocycles. The first-order chi connectivity index (χ1) is 10.1. The lowest BCUT2D eigenvalue weighted by molar-refractivity contribution is -0.114. The first-order valence-corrected chi connectivity index (χ1v) is 7.90. The van der Waals surface area contributed by atoms with Gasteiger partial charge in [-0.15, -0.1) is 0 Å². The van der Waals surface area contributed by atoms with E-state index in [9.17, 15) is 4.79 Å². The van der Waals surface area contributed by atoms with Crippen molar-refractivity contribution in [1.29, 1.82) is 0 Å². The van der Waals surface area contributed by atoms with Crippen LogP contribution in [0.3, 0.4) is 0 Å². The first kappa shape index (κ1) is 15.7. The van der Waals surface area contributed by atoms with E-state index in [1.165, 1.54) is 32.6 Å². The molecule has 1 aromatic carbocycles. The van der Waals surface area contributed by atoms with Gasteiger partial charge in [0.2, 0.25) is 5.91 Å². The third-order valence-electron chi connectivity index (χ3n) is 3.58. The molecule has 1 aromatic rings. The summed E-state index contributed by atoms with van der Waals surface area (Å²) in [5, 5.41) is 6.06. The van der Waals surface area contributed by atoms with Gasteiger partial charge >= 0.3 is 0 Å². The summed E-state index contributed by atoms with van der Waals surface area (Å²) in [4.78, 5) is 11.7. The van der Waals surface area contributed by atoms with Crippen molar-refractivity contribution in [2.24, 2.45) is 0 Å². The molecular weight excluding hydrogens is 280 g/mol. The maximum atomic E-state index is 11.0. The molecule has 0 aliphatic heterocycles. The molecule has 0 bridgehead atoms. The average Bonchev–Trinajstić information content (AvgIpc) is 2.48. The number of thiocarbonyl (C=S) groups is 1. The van der Waals surface area contributed by atoms with E-state index in [0.717, 1.165) is 29.2 Å². The molecule has 0 fully saturated rings. The molecule has 1 aliphatic rings. The first-order valence-electron chi connectivity index (χ1n) is 7.49. The van der Waals surface area contributed by atoms with E-state index in [1.54, 1.807) is 5.57 Å². The van der Waals surface area contributed by atoms with Gasteiger partial charge in [-0.25, -0.2) is 0 Å². The summed E-state index contributed by atoms with van der Waals surface area (Å²) < 4.78 is 0. The number of carbonyl (C=O) groups is 1. The molecule has 4 heteroatoms. The fraction of sp³-hybridized carbons (Fsp3) is 0.412. The number of nitrogens with one attached hydrogen (secondary N) is 2. The lowest BCUT2D eigenvalue weighted by Crippen LogP contribution is -2.23. The predicted octanol–water partition coefficient (Wildman–Crippen LogP) is 3.80. The molecule has 0 unspecified atom stereocenters. The minimum Gasteiger partial charge on any atom is -0.375 e. The number of rotatable bonds is 5. The van der Waals surface area contributed by atoms with Crippen LogP contribution < -0.4 is 10.6 Å². The predicted molar refractivity (Wildman–Crippen MR) is 91.6 cm³/mol. The fourth-order valence-corrected chi connectivity index (χ4v) is 2.72. The van der Waals surface area contributed by atoms with Crippen LogP contribution in [0.25, 0.3) is 0 Å². The minimum absolute atomic E-state index is 0.0655. The number of hydrogen-bond acceptors (Lipinski definition) is 2. The molecule has 1 amide bonds. The lowest BCUT2D eigenvalue weighted by Gasteiger charge is -2.14. The number of amides is 1. The van der Waals surface area contributed by atoms with Crippen LogP contribution in [0.15, 0.2) is 35.9 Å². The third kappa shape index (κ3) is 5.31. The topological polar surface area (TPSA) is 41.1 Å². The Kier molecular flexibility index (Phi) is 5.93. The highest BCUT2D eigenvalue weighted by Crippen LogP contribution is 2.19. The summed E-state index contributed by atoms with van der Waals surface area (Å²) in [5.41, 5.74) is 3.33. The quantitative estimate of drug-likeness (QED) is 0.642. The molecule has 0 spiro atoms. The molecule has 3 nitrogen and oxygen atoms in total. The minimum atomic E-state index is -0.0655. The smallest absolute Gasteiger partial charge is 0.221 e. The van der Waals surface area contributed by atoms with Crippen molar-refractivity contribution in [2.75, 3.05) is 11.9 Å². The maximum Gasteiger partial charge on any atom is 0.221 e. The Morgan fingerprint density at radius 1 is 1.24 bits per heavy atom. The summed E-state index contributed by atoms with van der Waals surface area (Å²) in [7, 11) is 0. The summed E-state index contributed by atoms with van der Waals surface area (Å²) >= 11 is 5.40. The highest BCUT2D eigenvalue weighted by molar-refractivity contribution is 7.80. The van der Waals surface area contributed by atoms with Crippen molar-refractivity contribution in [2.45, 2.75) is 39.0 Å². The molecular formula is C17H22N2OS. The van der Waals surface area contributed by atoms with Crippen molar-refractivity contribution < 1.29 is 4.79 Å². The molecule has 0 saturated heterocycles. The van der Waals surface area contributed by atoms with Crippen LogP contribution in [0.1, 0.15) is 44.6 Å². The van der Waals surface area contributed by atoms with E-state index in [4.69, 9.17) is 12.2 Å². The zero-order valence-electron chi connectivity index (χ0n) is 12.4. The van der Waals surface area contributed by atoms with Crippen LogP contribution in [0, 0.1) is 0 Å². The SMILES string of the molecule is CC(=O)Nc1ccc(C(=S)NCCC2=CCCCC2)cc1. The van der Waals surface area contributed by atoms with Crippen molar-refractivity contribution in [3.63, 3.8) is 0 Å². The largest absolute Gasteiger partial charge is 0.375 e. The normalized spacial score (nSPS) is 14.2. The number of benzene rings is 1. The lowest BCUT2D eigenvalue weighted by atomic mass is 9.97. The van der Waals surface area contributed by atoms with Gasteiger partial charge in [-0.1, -0.05) is 23.9 Å². The van der Waals surface area contributed by atoms with E-state index < -0.39 is 0 Å². The molecule has 0 saturated carbocycles. The zero-order valence-corrected chi connectivity index (χ0v) is 13.3. The van der Waals surface area contributed by atoms with Gasteiger partial charge in [-0.3, -0.25) is 4.79 Å². The second-order valence-corrected chi connectivity index (χ2v) is 5.78. The molecule has 21 heavy (non-hydrogen) atoms. The Balaban J connectivity index is 1.80. The van der Waals surface area contributed by atoms with Gasteiger partial charge in [0.05, 0.1) is 0 Å². The number of carbonyl (C=O) groups excluding carboxylic acids is 1. The highest BCUT2D eigenvalue weighted by atomic mass is 32.1. The second-order valence-electron chi connectivity index (χ2n) is 5.37. The summed E-state index contributed by atoms with van der Waals surface area (Å²) in [5.74, 6) is -0.0655. The Bertz CT molecular complexity index is 534. The summed E-state index contributed by atoms with van der Waals surface area (Å²) in [6, 6.07) is 7.60. The van der Waals surface area contributed by atoms with Crippen molar-refractivity contribution >= 4 is 28.8 Å². The number of anilines is 1. The highest BCUT2D eigenvalue weighted by Gasteiger charge is 2.05. The molecule has 0 radical (unpaired) electrons. The van der Waals surface area contributed by atoms with Crippen molar-refractivity contribution in [3.8, 4) is 0 Å². The third-order valence-corrected chi connectivity index (χ3v) is 3.96. The molecule has 2 N–H and O–H groups in total. The van der Waals surface area contributed by atoms with Crippen LogP contribution >= 0.6 is 12.2 Å². The maximum absolute atomic E-state index is 11.0. The molecule has 1 aliphatic carbocycles. The van der Waals surface area contributed by atoms with Crippen LogP contribution in [0.4, 0.5) is 5.69 Å². The van der Waals surface area contributed by atoms with Gasteiger partial charge in [-0.05, 0) is 56.4 Å². The summed E-state index contributed by atoms with van der Waals surface area (Å²) in [6.45, 7) is 2.39. The zero-order chi connectivity index (χ0) is 15.1. The van der Waals surface area contributed by atoms with E-state index in [-0.39, 0.29) is 5.91 Å². The summed E-state index contributed by atoms with van der Waals surface area (Å²) in [6.07, 6.45) is 8.56. The van der Waals surface area contributed by atoms with E-state index in [1.807, 2.05) is 24.3 Å². The molecule has 2 rings (SSSR count). The Hall–Kier alpha value is -1.68. The average molecular weight is 302 g/mol. The molecule has 0 atom stereocenters. The van der Waals surface area contributed by atoms with E-state index >= 15 is 0 Å². The van der Waals surface area contributed by atoms with Crippen LogP contribution in [-0.4, -0.2) is 17.4 Å². The van der Waals surface area contributed by atoms with Gasteiger partial charge < -0.3 is 10.6 Å². The number of allylic oxidation sites excluding steroid dienone is 1. The van der Waals surface area contributed by atoms with E-state index in [0.29, 0.717) is 0 Å². The van der Waals surface area contributed by atoms with Gasteiger partial charge in [0, 0.05) is 24.7 Å². The van der Waals surface area contributed by atoms with Gasteiger partial charge in [0.1, 0.15) is 4.99 Å². The monoisotopic (exact) mass is 302 g/mol. The van der Waals surface area contributed by atoms with E-state index in [2.05, 4.69) is 16.7 Å². The van der Waals surface area contributed by atoms with Crippen LogP contribution in [0.5, 0.6) is 0 Å². The molecule has 0 heterocycles. The van der Waals surface area contributed by atoms with Gasteiger partial charge in [-0.2, -0.15) is 0 Å². The van der Waals surface area contributed by atoms with Crippen molar-refractivity contribution in [1.82, 2.24) is 5.32 Å². The number of hydrogen-bond donors (Lipinski definition) is 2. The van der Waals surface area contributed by atoms with Crippen LogP contribution in [-0.2, 0) is 4.79 Å². The fourth-order valence-electron chi connectivity index (χ4n) is 2.48. The second kappa shape index (κ2) is 7.93. The van der Waals surface area contributed by atoms with Crippen molar-refractivity contribution in [3.05, 3.63) is 41.5 Å². The Morgan fingerprint density at radius 3 is 2.62 bits per heavy atom. The Morgan fingerprint density at radius 2 is 2.00 bits per heavy atom. The van der Waals surface area contributed by atoms with Crippen LogP contribution in [0.2, 0.25) is 0 Å². The molecule has 112 valence electrons.